The van der Waals surface area contributed by atoms with E-state index in [1.54, 1.807) is 0 Å². The van der Waals surface area contributed by atoms with Crippen LogP contribution in [0.4, 0.5) is 4.11 Å². The van der Waals surface area contributed by atoms with E-state index in [1.807, 2.05) is 0 Å². The van der Waals surface area contributed by atoms with E-state index in [2.05, 4.69) is 149 Å². The van der Waals surface area contributed by atoms with Crippen LogP contribution in [0, 0.1) is 0 Å². The van der Waals surface area contributed by atoms with Gasteiger partial charge in [-0.05, 0) is 89.3 Å². The fourth-order valence-corrected chi connectivity index (χ4v) is 27.4. The number of rotatable bonds is 9. The van der Waals surface area contributed by atoms with Gasteiger partial charge in [-0.25, -0.2) is 0 Å². The van der Waals surface area contributed by atoms with Crippen LogP contribution in [0.3, 0.4) is 0 Å². The molecule has 2 aromatic carbocycles. The number of hydrogen-bond donors (Lipinski definition) is 0. The predicted molar refractivity (Wildman–Crippen MR) is 196 cm³/mol. The lowest BCUT2D eigenvalue weighted by molar-refractivity contribution is 0.650. The average molecular weight is 627 g/mol. The van der Waals surface area contributed by atoms with E-state index in [0.29, 0.717) is 23.7 Å². The van der Waals surface area contributed by atoms with Gasteiger partial charge in [-0.3, -0.25) is 4.11 Å². The Morgan fingerprint density at radius 1 is 0.548 bits per heavy atom. The summed E-state index contributed by atoms with van der Waals surface area (Å²) < 4.78 is 19.1. The SMILES string of the molecule is CC(C)c1cc(C(C)C)c([Si](=P[Si](F)(c2c(C(C)C)cc(C(C)C)cc2C(C)C)C(C)(C)C)C(C)(C)C)c(C(C)C)c1. The average Bonchev–Trinajstić information content (AvgIpc) is 2.83. The minimum atomic E-state index is -3.59. The molecular weight excluding hydrogens is 563 g/mol. The van der Waals surface area contributed by atoms with Crippen LogP contribution >= 0.6 is 7.27 Å². The summed E-state index contributed by atoms with van der Waals surface area (Å²) in [5.41, 5.74) is 8.23. The lowest BCUT2D eigenvalue weighted by Gasteiger charge is -2.40. The Bertz CT molecular complexity index is 1210. The van der Waals surface area contributed by atoms with Crippen molar-refractivity contribution in [2.24, 2.45) is 0 Å². The van der Waals surface area contributed by atoms with Gasteiger partial charge in [0, 0.05) is 0 Å². The summed E-state index contributed by atoms with van der Waals surface area (Å²) in [6.07, 6.45) is 0. The molecule has 4 heteroatoms. The van der Waals surface area contributed by atoms with Crippen LogP contribution in [0.5, 0.6) is 0 Å². The smallest absolute Gasteiger partial charge is 0.296 e. The van der Waals surface area contributed by atoms with Crippen molar-refractivity contribution in [2.45, 2.75) is 170 Å². The first-order valence-electron chi connectivity index (χ1n) is 16.6. The summed E-state index contributed by atoms with van der Waals surface area (Å²) >= 11 is 0. The van der Waals surface area contributed by atoms with Crippen molar-refractivity contribution in [3.8, 4) is 0 Å². The van der Waals surface area contributed by atoms with Crippen molar-refractivity contribution in [3.05, 3.63) is 57.6 Å². The van der Waals surface area contributed by atoms with Crippen LogP contribution in [0.2, 0.25) is 10.1 Å². The van der Waals surface area contributed by atoms with Gasteiger partial charge in [0.25, 0.3) is 0 Å². The number of benzene rings is 2. The van der Waals surface area contributed by atoms with E-state index >= 15 is 4.11 Å². The largest absolute Gasteiger partial charge is 0.329 e. The monoisotopic (exact) mass is 626 g/mol. The molecule has 0 aliphatic carbocycles. The van der Waals surface area contributed by atoms with Crippen LogP contribution in [0.25, 0.3) is 0 Å². The first-order valence-corrected chi connectivity index (χ1v) is 22.6. The van der Waals surface area contributed by atoms with Crippen LogP contribution in [0.15, 0.2) is 24.3 Å². The van der Waals surface area contributed by atoms with Crippen molar-refractivity contribution >= 4 is 33.8 Å². The Morgan fingerprint density at radius 2 is 0.857 bits per heavy atom. The second-order valence-corrected chi connectivity index (χ2v) is 28.7. The Balaban J connectivity index is 3.30. The summed E-state index contributed by atoms with van der Waals surface area (Å²) in [7, 11) is -3.86. The van der Waals surface area contributed by atoms with Gasteiger partial charge in [0.15, 0.2) is 0 Å². The Hall–Kier alpha value is -0.896. The van der Waals surface area contributed by atoms with E-state index in [4.69, 9.17) is 0 Å². The highest BCUT2D eigenvalue weighted by Crippen LogP contribution is 2.49. The third-order valence-corrected chi connectivity index (χ3v) is 26.8. The molecule has 0 saturated heterocycles. The summed E-state index contributed by atoms with van der Waals surface area (Å²) in [4.78, 5) is 0. The molecule has 42 heavy (non-hydrogen) atoms. The highest BCUT2D eigenvalue weighted by atomic mass is 31.4. The Kier molecular flexibility index (Phi) is 12.1. The minimum Gasteiger partial charge on any atom is -0.296 e. The molecule has 0 fully saturated rings. The van der Waals surface area contributed by atoms with E-state index in [0.717, 1.165) is 12.5 Å². The molecule has 0 saturated carbocycles. The van der Waals surface area contributed by atoms with E-state index < -0.39 is 21.2 Å². The maximum atomic E-state index is 19.1. The molecule has 1 atom stereocenters. The standard InChI is InChI=1S/C38H64FPSi2/c1-23(2)29-19-31(25(5)6)35(32(20-29)26(7)8)41(37(13,14)15)40-42(39,38(16,17)18)36-33(27(9)10)21-30(24(3)4)22-34(36)28(11)12/h19-28H,1-18H3. The van der Waals surface area contributed by atoms with Gasteiger partial charge in [0.2, 0.25) is 0 Å². The first-order chi connectivity index (χ1) is 19.0. The molecule has 0 spiro atoms. The van der Waals surface area contributed by atoms with E-state index in [1.165, 1.54) is 38.6 Å². The van der Waals surface area contributed by atoms with Gasteiger partial charge in [0.05, 0.1) is 8.05 Å². The molecule has 0 amide bonds. The van der Waals surface area contributed by atoms with Crippen LogP contribution in [0.1, 0.15) is 194 Å². The second kappa shape index (κ2) is 13.6. The summed E-state index contributed by atoms with van der Waals surface area (Å²) in [6.45, 7) is 41.4. The molecule has 0 aromatic heterocycles. The molecule has 2 rings (SSSR count). The van der Waals surface area contributed by atoms with Crippen LogP contribution in [-0.2, 0) is 0 Å². The first kappa shape index (κ1) is 37.3. The van der Waals surface area contributed by atoms with E-state index in [9.17, 15) is 0 Å². The molecule has 0 radical (unpaired) electrons. The lowest BCUT2D eigenvalue weighted by Crippen LogP contribution is -2.52. The number of halogens is 1. The Labute approximate surface area is 264 Å². The molecule has 236 valence electrons. The molecule has 0 aliphatic rings. The van der Waals surface area contributed by atoms with Crippen molar-refractivity contribution in [2.75, 3.05) is 0 Å². The molecule has 0 bridgehead atoms. The number of hydrogen-bond acceptors (Lipinski definition) is 0. The maximum Gasteiger partial charge on any atom is 0.329 e. The normalized spacial score (nSPS) is 15.2. The summed E-state index contributed by atoms with van der Waals surface area (Å²) in [5.74, 6) is 2.27. The lowest BCUT2D eigenvalue weighted by atomic mass is 9.89. The van der Waals surface area contributed by atoms with Gasteiger partial charge < -0.3 is 0 Å². The fourth-order valence-electron chi connectivity index (χ4n) is 5.92. The minimum absolute atomic E-state index is 0.00228. The Morgan fingerprint density at radius 3 is 1.10 bits per heavy atom. The molecule has 2 aromatic rings. The van der Waals surface area contributed by atoms with Crippen LogP contribution < -0.4 is 10.4 Å². The maximum absolute atomic E-state index is 19.1. The molecule has 0 nitrogen and oxygen atoms in total. The zero-order valence-electron chi connectivity index (χ0n) is 30.6. The van der Waals surface area contributed by atoms with E-state index in [-0.39, 0.29) is 16.9 Å². The van der Waals surface area contributed by atoms with Crippen LogP contribution in [-0.4, -0.2) is 16.1 Å². The second-order valence-electron chi connectivity index (χ2n) is 16.7. The third-order valence-electron chi connectivity index (χ3n) is 8.80. The van der Waals surface area contributed by atoms with Gasteiger partial charge >= 0.3 is 8.08 Å². The van der Waals surface area contributed by atoms with Crippen molar-refractivity contribution in [1.82, 2.24) is 0 Å². The fraction of sp³-hybridized carbons (Fsp3) is 0.684. The van der Waals surface area contributed by atoms with Crippen molar-refractivity contribution in [3.63, 3.8) is 0 Å². The quantitative estimate of drug-likeness (QED) is 0.148. The molecule has 0 aliphatic heterocycles. The molecule has 1 unspecified atom stereocenters. The predicted octanol–water partition coefficient (Wildman–Crippen LogP) is 12.5. The summed E-state index contributed by atoms with van der Waals surface area (Å²) in [6, 6.07) is 9.72. The molecular formula is C38H64FPSi2. The van der Waals surface area contributed by atoms with Crippen molar-refractivity contribution < 1.29 is 4.11 Å². The summed E-state index contributed by atoms with van der Waals surface area (Å²) in [5, 5.41) is 2.21. The molecule has 0 heterocycles. The molecule has 0 N–H and O–H groups in total. The zero-order chi connectivity index (χ0) is 32.7. The van der Waals surface area contributed by atoms with Gasteiger partial charge in [0.1, 0.15) is 0 Å². The third kappa shape index (κ3) is 7.84. The highest BCUT2D eigenvalue weighted by molar-refractivity contribution is 7.90. The zero-order valence-corrected chi connectivity index (χ0v) is 33.5. The highest BCUT2D eigenvalue weighted by Gasteiger charge is 2.51. The van der Waals surface area contributed by atoms with Gasteiger partial charge in [-0.15, -0.1) is 7.27 Å². The van der Waals surface area contributed by atoms with Crippen molar-refractivity contribution in [1.29, 1.82) is 0 Å². The topological polar surface area (TPSA) is 0 Å². The van der Waals surface area contributed by atoms with Gasteiger partial charge in [-0.2, -0.15) is 0 Å². The van der Waals surface area contributed by atoms with Gasteiger partial charge in [-0.1, -0.05) is 149 Å².